The van der Waals surface area contributed by atoms with E-state index in [9.17, 15) is 4.79 Å². The third-order valence-corrected chi connectivity index (χ3v) is 2.12. The summed E-state index contributed by atoms with van der Waals surface area (Å²) in [5, 5.41) is 2.61. The molecular weight excluding hydrogens is 232 g/mol. The molecule has 0 aliphatic heterocycles. The molecule has 5 nitrogen and oxygen atoms in total. The summed E-state index contributed by atoms with van der Waals surface area (Å²) in [6.45, 7) is 0.261. The highest BCUT2D eigenvalue weighted by Gasteiger charge is 2.13. The molecule has 0 saturated carbocycles. The average Bonchev–Trinajstić information content (AvgIpc) is 2.23. The first-order valence-electron chi connectivity index (χ1n) is 4.55. The zero-order valence-electron chi connectivity index (χ0n) is 9.04. The lowest BCUT2D eigenvalue weighted by molar-refractivity contribution is 0.178. The molecule has 0 aliphatic carbocycles. The summed E-state index contributed by atoms with van der Waals surface area (Å²) in [4.78, 5) is 11.1. The molecule has 0 heterocycles. The normalized spacial score (nSPS) is 9.94. The smallest absolute Gasteiger partial charge is 0.408 e. The van der Waals surface area contributed by atoms with Gasteiger partial charge in [0.1, 0.15) is 0 Å². The first kappa shape index (κ1) is 12.6. The van der Waals surface area contributed by atoms with Crippen molar-refractivity contribution in [3.63, 3.8) is 0 Å². The number of hydrogen-bond donors (Lipinski definition) is 2. The van der Waals surface area contributed by atoms with E-state index in [1.807, 2.05) is 0 Å². The fourth-order valence-corrected chi connectivity index (χ4v) is 1.48. The molecule has 0 radical (unpaired) electrons. The number of carbonyl (C=O) groups is 1. The van der Waals surface area contributed by atoms with E-state index in [0.717, 1.165) is 0 Å². The third-order valence-electron chi connectivity index (χ3n) is 1.84. The van der Waals surface area contributed by atoms with E-state index >= 15 is 0 Å². The van der Waals surface area contributed by atoms with Crippen molar-refractivity contribution in [3.05, 3.63) is 22.7 Å². The van der Waals surface area contributed by atoms with Crippen molar-refractivity contribution in [2.75, 3.05) is 19.9 Å². The predicted octanol–water partition coefficient (Wildman–Crippen LogP) is 1.79. The number of ether oxygens (including phenoxy) is 2. The van der Waals surface area contributed by atoms with E-state index in [-0.39, 0.29) is 17.4 Å². The van der Waals surface area contributed by atoms with Crippen LogP contribution < -0.4 is 15.8 Å². The summed E-state index contributed by atoms with van der Waals surface area (Å²) in [5.41, 5.74) is 6.73. The largest absolute Gasteiger partial charge is 0.412 e. The van der Waals surface area contributed by atoms with Crippen molar-refractivity contribution < 1.29 is 14.3 Å². The van der Waals surface area contributed by atoms with Gasteiger partial charge >= 0.3 is 6.09 Å². The molecule has 0 aliphatic rings. The molecule has 3 N–H and O–H groups in total. The molecule has 0 fully saturated rings. The summed E-state index contributed by atoms with van der Waals surface area (Å²) < 4.78 is 9.98. The second-order valence-electron chi connectivity index (χ2n) is 3.06. The predicted molar refractivity (Wildman–Crippen MR) is 61.7 cm³/mol. The molecule has 1 aromatic carbocycles. The molecule has 1 aromatic rings. The number of anilines is 1. The minimum absolute atomic E-state index is 0.261. The molecule has 6 heteroatoms. The van der Waals surface area contributed by atoms with Gasteiger partial charge < -0.3 is 20.5 Å². The molecule has 0 saturated heterocycles. The number of methoxy groups -OCH3 is 1. The van der Waals surface area contributed by atoms with Gasteiger partial charge in [-0.25, -0.2) is 4.79 Å². The Bertz CT molecular complexity index is 396. The van der Waals surface area contributed by atoms with Crippen molar-refractivity contribution >= 4 is 23.4 Å². The van der Waals surface area contributed by atoms with Crippen LogP contribution in [0.25, 0.3) is 0 Å². The lowest BCUT2D eigenvalue weighted by atomic mass is 10.2. The SMILES string of the molecule is CNC(=O)Oc1c(Cl)cc(N)cc1COC. The zero-order valence-corrected chi connectivity index (χ0v) is 9.80. The van der Waals surface area contributed by atoms with Crippen LogP contribution in [-0.2, 0) is 11.3 Å². The van der Waals surface area contributed by atoms with Gasteiger partial charge in [0.15, 0.2) is 5.75 Å². The second-order valence-corrected chi connectivity index (χ2v) is 3.47. The van der Waals surface area contributed by atoms with Gasteiger partial charge in [-0.3, -0.25) is 0 Å². The minimum atomic E-state index is -0.593. The number of halogens is 1. The summed E-state index contributed by atoms with van der Waals surface area (Å²) in [6, 6.07) is 3.16. The molecule has 16 heavy (non-hydrogen) atoms. The van der Waals surface area contributed by atoms with Crippen LogP contribution in [0.15, 0.2) is 12.1 Å². The highest BCUT2D eigenvalue weighted by atomic mass is 35.5. The maximum atomic E-state index is 11.1. The Labute approximate surface area is 98.5 Å². The van der Waals surface area contributed by atoms with Gasteiger partial charge in [-0.2, -0.15) is 0 Å². The van der Waals surface area contributed by atoms with E-state index in [1.54, 1.807) is 6.07 Å². The van der Waals surface area contributed by atoms with Crippen LogP contribution in [0.5, 0.6) is 5.75 Å². The number of hydrogen-bond acceptors (Lipinski definition) is 4. The summed E-state index contributed by atoms with van der Waals surface area (Å²) >= 11 is 5.93. The molecule has 88 valence electrons. The second kappa shape index (κ2) is 5.58. The highest BCUT2D eigenvalue weighted by Crippen LogP contribution is 2.32. The van der Waals surface area contributed by atoms with Crippen LogP contribution in [-0.4, -0.2) is 20.3 Å². The molecule has 0 unspecified atom stereocenters. The van der Waals surface area contributed by atoms with Gasteiger partial charge in [-0.05, 0) is 12.1 Å². The van der Waals surface area contributed by atoms with E-state index in [1.165, 1.54) is 20.2 Å². The Hall–Kier alpha value is -1.46. The van der Waals surface area contributed by atoms with Crippen LogP contribution >= 0.6 is 11.6 Å². The standard InChI is InChI=1S/C10H13ClN2O3/c1-13-10(14)16-9-6(5-15-2)3-7(12)4-8(9)11/h3-4H,5,12H2,1-2H3,(H,13,14). The van der Waals surface area contributed by atoms with Gasteiger partial charge in [-0.1, -0.05) is 11.6 Å². The lowest BCUT2D eigenvalue weighted by Gasteiger charge is -2.11. The molecule has 0 atom stereocenters. The van der Waals surface area contributed by atoms with E-state index < -0.39 is 6.09 Å². The Kier molecular flexibility index (Phi) is 4.39. The zero-order chi connectivity index (χ0) is 12.1. The molecule has 0 bridgehead atoms. The first-order chi connectivity index (χ1) is 7.58. The first-order valence-corrected chi connectivity index (χ1v) is 4.92. The molecule has 0 aromatic heterocycles. The molecule has 1 rings (SSSR count). The third kappa shape index (κ3) is 3.01. The van der Waals surface area contributed by atoms with E-state index in [4.69, 9.17) is 26.8 Å². The Morgan fingerprint density at radius 1 is 1.56 bits per heavy atom. The summed E-state index contributed by atoms with van der Waals surface area (Å²) in [5.74, 6) is 0.261. The van der Waals surface area contributed by atoms with Crippen LogP contribution in [0.1, 0.15) is 5.56 Å². The number of benzene rings is 1. The van der Waals surface area contributed by atoms with Crippen LogP contribution in [0.4, 0.5) is 10.5 Å². The molecule has 0 spiro atoms. The van der Waals surface area contributed by atoms with Crippen LogP contribution in [0.3, 0.4) is 0 Å². The number of carbonyl (C=O) groups excluding carboxylic acids is 1. The fraction of sp³-hybridized carbons (Fsp3) is 0.300. The fourth-order valence-electron chi connectivity index (χ4n) is 1.19. The van der Waals surface area contributed by atoms with Crippen molar-refractivity contribution in [2.45, 2.75) is 6.61 Å². The number of rotatable bonds is 3. The minimum Gasteiger partial charge on any atom is -0.408 e. The number of nitrogens with two attached hydrogens (primary N) is 1. The number of nitrogens with one attached hydrogen (secondary N) is 1. The van der Waals surface area contributed by atoms with Gasteiger partial charge in [0.05, 0.1) is 11.6 Å². The van der Waals surface area contributed by atoms with Gasteiger partial charge in [0.25, 0.3) is 0 Å². The molecular formula is C10H13ClN2O3. The Balaban J connectivity index is 3.08. The van der Waals surface area contributed by atoms with Crippen molar-refractivity contribution in [1.82, 2.24) is 5.32 Å². The monoisotopic (exact) mass is 244 g/mol. The van der Waals surface area contributed by atoms with Crippen LogP contribution in [0, 0.1) is 0 Å². The van der Waals surface area contributed by atoms with Crippen molar-refractivity contribution in [2.24, 2.45) is 0 Å². The van der Waals surface area contributed by atoms with E-state index in [2.05, 4.69) is 5.32 Å². The Morgan fingerprint density at radius 3 is 2.81 bits per heavy atom. The van der Waals surface area contributed by atoms with Crippen molar-refractivity contribution in [3.8, 4) is 5.75 Å². The topological polar surface area (TPSA) is 73.6 Å². The lowest BCUT2D eigenvalue weighted by Crippen LogP contribution is -2.22. The van der Waals surface area contributed by atoms with Crippen LogP contribution in [0.2, 0.25) is 5.02 Å². The average molecular weight is 245 g/mol. The van der Waals surface area contributed by atoms with E-state index in [0.29, 0.717) is 11.3 Å². The Morgan fingerprint density at radius 2 is 2.25 bits per heavy atom. The number of amides is 1. The maximum Gasteiger partial charge on any atom is 0.412 e. The summed E-state index contributed by atoms with van der Waals surface area (Å²) in [7, 11) is 2.99. The highest BCUT2D eigenvalue weighted by molar-refractivity contribution is 6.32. The van der Waals surface area contributed by atoms with Gasteiger partial charge in [0.2, 0.25) is 0 Å². The number of nitrogen functional groups attached to an aromatic ring is 1. The summed E-state index contributed by atoms with van der Waals surface area (Å²) in [6.07, 6.45) is -0.593. The quantitative estimate of drug-likeness (QED) is 0.795. The molecule has 1 amide bonds. The van der Waals surface area contributed by atoms with Gasteiger partial charge in [0, 0.05) is 25.4 Å². The maximum absolute atomic E-state index is 11.1. The van der Waals surface area contributed by atoms with Crippen molar-refractivity contribution in [1.29, 1.82) is 0 Å². The van der Waals surface area contributed by atoms with Gasteiger partial charge in [-0.15, -0.1) is 0 Å².